The standard InChI is InChI=1S/C50H93NO5/c1-3-5-7-9-11-13-23-28-32-36-40-44-50(55)56-45-41-37-33-29-25-22-20-18-16-14-15-17-19-21-24-27-31-35-39-43-49(54)51-47(46-52)48(53)42-38-34-30-26-12-10-8-6-4-2/h9,11,14-15,38,42,47-48,52-53H,3-8,10,12-13,16-37,39-41,43-46H2,1-2H3,(H,51,54)/b11-9-,15-14-,42-38+. The molecule has 328 valence electrons. The second-order valence-electron chi connectivity index (χ2n) is 16.4. The van der Waals surface area contributed by atoms with Crippen molar-refractivity contribution in [3.8, 4) is 0 Å². The maximum Gasteiger partial charge on any atom is 0.305 e. The van der Waals surface area contributed by atoms with Gasteiger partial charge in [0.2, 0.25) is 5.91 Å². The van der Waals surface area contributed by atoms with Gasteiger partial charge in [-0.1, -0.05) is 192 Å². The third-order valence-electron chi connectivity index (χ3n) is 10.9. The Kier molecular flexibility index (Phi) is 44.2. The molecule has 0 aromatic rings. The molecule has 1 amide bonds. The summed E-state index contributed by atoms with van der Waals surface area (Å²) in [6.45, 7) is 4.81. The molecule has 0 rings (SSSR count). The summed E-state index contributed by atoms with van der Waals surface area (Å²) in [5.74, 6) is -0.0909. The number of amides is 1. The van der Waals surface area contributed by atoms with Gasteiger partial charge in [-0.15, -0.1) is 0 Å². The summed E-state index contributed by atoms with van der Waals surface area (Å²) >= 11 is 0. The molecule has 3 N–H and O–H groups in total. The quantitative estimate of drug-likeness (QED) is 0.0325. The molecular weight excluding hydrogens is 695 g/mol. The van der Waals surface area contributed by atoms with E-state index in [2.05, 4.69) is 43.5 Å². The minimum absolute atomic E-state index is 0.00909. The van der Waals surface area contributed by atoms with Crippen molar-refractivity contribution in [2.45, 2.75) is 257 Å². The summed E-state index contributed by atoms with van der Waals surface area (Å²) in [5.41, 5.74) is 0. The molecule has 0 aliphatic heterocycles. The fourth-order valence-electron chi connectivity index (χ4n) is 7.08. The zero-order valence-electron chi connectivity index (χ0n) is 37.1. The van der Waals surface area contributed by atoms with Crippen LogP contribution in [0.4, 0.5) is 0 Å². The van der Waals surface area contributed by atoms with Gasteiger partial charge in [0.05, 0.1) is 25.4 Å². The van der Waals surface area contributed by atoms with Crippen LogP contribution < -0.4 is 5.32 Å². The topological polar surface area (TPSA) is 95.9 Å². The Morgan fingerprint density at radius 1 is 0.482 bits per heavy atom. The van der Waals surface area contributed by atoms with Gasteiger partial charge in [0.1, 0.15) is 0 Å². The lowest BCUT2D eigenvalue weighted by Gasteiger charge is -2.20. The van der Waals surface area contributed by atoms with Gasteiger partial charge in [-0.25, -0.2) is 0 Å². The van der Waals surface area contributed by atoms with Crippen molar-refractivity contribution in [3.63, 3.8) is 0 Å². The summed E-state index contributed by atoms with van der Waals surface area (Å²) in [4.78, 5) is 24.3. The predicted octanol–water partition coefficient (Wildman–Crippen LogP) is 14.1. The second-order valence-corrected chi connectivity index (χ2v) is 16.4. The van der Waals surface area contributed by atoms with E-state index in [1.54, 1.807) is 6.08 Å². The lowest BCUT2D eigenvalue weighted by molar-refractivity contribution is -0.143. The van der Waals surface area contributed by atoms with Crippen LogP contribution in [0.5, 0.6) is 0 Å². The highest BCUT2D eigenvalue weighted by molar-refractivity contribution is 5.76. The molecule has 56 heavy (non-hydrogen) atoms. The summed E-state index contributed by atoms with van der Waals surface area (Å²) in [5, 5.41) is 22.9. The first-order chi connectivity index (χ1) is 27.5. The number of rotatable bonds is 44. The minimum atomic E-state index is -0.848. The Hall–Kier alpha value is -1.92. The summed E-state index contributed by atoms with van der Waals surface area (Å²) in [6.07, 6.45) is 54.3. The molecule has 0 aromatic carbocycles. The molecule has 6 nitrogen and oxygen atoms in total. The van der Waals surface area contributed by atoms with Crippen LogP contribution in [-0.2, 0) is 14.3 Å². The van der Waals surface area contributed by atoms with Crippen LogP contribution in [0.3, 0.4) is 0 Å². The van der Waals surface area contributed by atoms with E-state index in [1.165, 1.54) is 167 Å². The third-order valence-corrected chi connectivity index (χ3v) is 10.9. The van der Waals surface area contributed by atoms with Crippen molar-refractivity contribution in [1.82, 2.24) is 5.32 Å². The van der Waals surface area contributed by atoms with Gasteiger partial charge >= 0.3 is 5.97 Å². The van der Waals surface area contributed by atoms with E-state index in [0.717, 1.165) is 51.4 Å². The Bertz CT molecular complexity index is 915. The van der Waals surface area contributed by atoms with Crippen molar-refractivity contribution in [2.75, 3.05) is 13.2 Å². The van der Waals surface area contributed by atoms with Crippen molar-refractivity contribution in [1.29, 1.82) is 0 Å². The molecule has 0 spiro atoms. The Morgan fingerprint density at radius 2 is 0.857 bits per heavy atom. The van der Waals surface area contributed by atoms with Gasteiger partial charge in [-0.05, 0) is 77.0 Å². The maximum atomic E-state index is 12.3. The van der Waals surface area contributed by atoms with Gasteiger partial charge in [-0.2, -0.15) is 0 Å². The van der Waals surface area contributed by atoms with E-state index >= 15 is 0 Å². The molecule has 2 atom stereocenters. The number of allylic oxidation sites excluding steroid dienone is 5. The summed E-state index contributed by atoms with van der Waals surface area (Å²) < 4.78 is 5.44. The van der Waals surface area contributed by atoms with Gasteiger partial charge in [-0.3, -0.25) is 9.59 Å². The molecule has 2 unspecified atom stereocenters. The number of esters is 1. The van der Waals surface area contributed by atoms with E-state index in [0.29, 0.717) is 19.4 Å². The Morgan fingerprint density at radius 3 is 1.32 bits per heavy atom. The van der Waals surface area contributed by atoms with Crippen LogP contribution in [-0.4, -0.2) is 47.4 Å². The molecule has 0 bridgehead atoms. The highest BCUT2D eigenvalue weighted by atomic mass is 16.5. The SMILES string of the molecule is CCCC/C=C\CCCCCCCC(=O)OCCCCCCCCCC/C=C\CCCCCCCCCC(=O)NC(CO)C(O)/C=C/CCCCCCCCC. The number of nitrogens with one attached hydrogen (secondary N) is 1. The predicted molar refractivity (Wildman–Crippen MR) is 241 cm³/mol. The first-order valence-electron chi connectivity index (χ1n) is 24.3. The van der Waals surface area contributed by atoms with Crippen LogP contribution >= 0.6 is 0 Å². The molecule has 6 heteroatoms. The molecule has 0 aromatic heterocycles. The largest absolute Gasteiger partial charge is 0.466 e. The zero-order chi connectivity index (χ0) is 40.8. The van der Waals surface area contributed by atoms with Crippen molar-refractivity contribution < 1.29 is 24.5 Å². The molecule has 0 radical (unpaired) electrons. The van der Waals surface area contributed by atoms with E-state index in [9.17, 15) is 19.8 Å². The van der Waals surface area contributed by atoms with Gasteiger partial charge < -0.3 is 20.3 Å². The number of aliphatic hydroxyl groups excluding tert-OH is 2. The van der Waals surface area contributed by atoms with E-state index in [1.807, 2.05) is 6.08 Å². The first-order valence-corrected chi connectivity index (χ1v) is 24.3. The highest BCUT2D eigenvalue weighted by Gasteiger charge is 2.18. The normalized spacial score (nSPS) is 13.0. The van der Waals surface area contributed by atoms with Crippen LogP contribution in [0.2, 0.25) is 0 Å². The smallest absolute Gasteiger partial charge is 0.305 e. The average Bonchev–Trinajstić information content (AvgIpc) is 3.20. The fourth-order valence-corrected chi connectivity index (χ4v) is 7.08. The summed E-state index contributed by atoms with van der Waals surface area (Å²) in [6, 6.07) is -0.632. The van der Waals surface area contributed by atoms with Gasteiger partial charge in [0, 0.05) is 12.8 Å². The second kappa shape index (κ2) is 45.8. The van der Waals surface area contributed by atoms with Crippen LogP contribution in [0.1, 0.15) is 245 Å². The number of hydrogen-bond acceptors (Lipinski definition) is 5. The number of carbonyl (C=O) groups is 2. The fraction of sp³-hybridized carbons (Fsp3) is 0.840. The molecule has 0 saturated heterocycles. The molecule has 0 aliphatic rings. The first kappa shape index (κ1) is 54.1. The van der Waals surface area contributed by atoms with E-state index < -0.39 is 12.1 Å². The average molecular weight is 788 g/mol. The van der Waals surface area contributed by atoms with Gasteiger partial charge in [0.25, 0.3) is 0 Å². The van der Waals surface area contributed by atoms with Crippen molar-refractivity contribution in [2.24, 2.45) is 0 Å². The Labute approximate surface area is 347 Å². The van der Waals surface area contributed by atoms with Crippen LogP contribution in [0.25, 0.3) is 0 Å². The number of hydrogen-bond donors (Lipinski definition) is 3. The lowest BCUT2D eigenvalue weighted by atomic mass is 10.1. The molecule has 0 saturated carbocycles. The zero-order valence-corrected chi connectivity index (χ0v) is 37.1. The van der Waals surface area contributed by atoms with Crippen molar-refractivity contribution in [3.05, 3.63) is 36.5 Å². The van der Waals surface area contributed by atoms with E-state index in [4.69, 9.17) is 4.74 Å². The Balaban J connectivity index is 3.46. The highest BCUT2D eigenvalue weighted by Crippen LogP contribution is 2.14. The minimum Gasteiger partial charge on any atom is -0.466 e. The van der Waals surface area contributed by atoms with Crippen LogP contribution in [0, 0.1) is 0 Å². The molecule has 0 aliphatic carbocycles. The molecular formula is C50H93NO5. The number of ether oxygens (including phenoxy) is 1. The monoisotopic (exact) mass is 788 g/mol. The van der Waals surface area contributed by atoms with Crippen molar-refractivity contribution >= 4 is 11.9 Å². The third kappa shape index (κ3) is 41.7. The van der Waals surface area contributed by atoms with Gasteiger partial charge in [0.15, 0.2) is 0 Å². The molecule has 0 heterocycles. The number of aliphatic hydroxyl groups is 2. The summed E-state index contributed by atoms with van der Waals surface area (Å²) in [7, 11) is 0. The lowest BCUT2D eigenvalue weighted by Crippen LogP contribution is -2.45. The number of carbonyl (C=O) groups excluding carboxylic acids is 2. The number of unbranched alkanes of at least 4 members (excludes halogenated alkanes) is 29. The van der Waals surface area contributed by atoms with Crippen LogP contribution in [0.15, 0.2) is 36.5 Å². The molecule has 0 fully saturated rings. The van der Waals surface area contributed by atoms with E-state index in [-0.39, 0.29) is 18.5 Å². The maximum absolute atomic E-state index is 12.3.